The van der Waals surface area contributed by atoms with Crippen LogP contribution < -0.4 is 10.6 Å². The highest BCUT2D eigenvalue weighted by Crippen LogP contribution is 2.33. The second kappa shape index (κ2) is 13.6. The van der Waals surface area contributed by atoms with Crippen LogP contribution in [-0.4, -0.2) is 52.0 Å². The Morgan fingerprint density at radius 2 is 1.55 bits per heavy atom. The number of ether oxygens (including phenoxy) is 1. The third kappa shape index (κ3) is 8.74. The molecule has 0 aliphatic heterocycles. The first kappa shape index (κ1) is 33.0. The average Bonchev–Trinajstić information content (AvgIpc) is 2.89. The molecule has 0 fully saturated rings. The van der Waals surface area contributed by atoms with Crippen molar-refractivity contribution in [3.8, 4) is 0 Å². The fourth-order valence-corrected chi connectivity index (χ4v) is 5.26. The quantitative estimate of drug-likeness (QED) is 0.271. The number of thioether (sulfide) groups is 1. The summed E-state index contributed by atoms with van der Waals surface area (Å²) in [6, 6.07) is 17.7. The number of hydrogen-bond acceptors (Lipinski definition) is 5. The zero-order chi connectivity index (χ0) is 31.2. The first-order valence-corrected chi connectivity index (χ1v) is 15.7. The summed E-state index contributed by atoms with van der Waals surface area (Å²) in [6.07, 6.45) is 1.67. The molecule has 8 heteroatoms. The predicted molar refractivity (Wildman–Crippen MR) is 174 cm³/mol. The number of carbonyl (C=O) groups is 3. The second-order valence-electron chi connectivity index (χ2n) is 12.7. The Balaban J connectivity index is 2.08. The van der Waals surface area contributed by atoms with Gasteiger partial charge in [-0.1, -0.05) is 48.5 Å². The van der Waals surface area contributed by atoms with Crippen molar-refractivity contribution in [2.75, 3.05) is 17.3 Å². The van der Waals surface area contributed by atoms with Gasteiger partial charge in [0.25, 0.3) is 5.91 Å². The molecule has 0 saturated heterocycles. The lowest BCUT2D eigenvalue weighted by Gasteiger charge is -2.43. The second-order valence-corrected chi connectivity index (χ2v) is 13.6. The van der Waals surface area contributed by atoms with E-state index in [1.54, 1.807) is 37.4 Å². The number of nitrogens with one attached hydrogen (secondary N) is 2. The zero-order valence-electron chi connectivity index (χ0n) is 26.3. The molecule has 2 N–H and O–H groups in total. The van der Waals surface area contributed by atoms with Gasteiger partial charge in [0, 0.05) is 11.2 Å². The Morgan fingerprint density at radius 3 is 2.14 bits per heavy atom. The number of alkyl carbamates (subject to hydrolysis) is 1. The van der Waals surface area contributed by atoms with Crippen LogP contribution in [0.1, 0.15) is 70.7 Å². The van der Waals surface area contributed by atoms with Crippen LogP contribution in [0.4, 0.5) is 10.5 Å². The minimum atomic E-state index is -0.958. The van der Waals surface area contributed by atoms with Crippen molar-refractivity contribution < 1.29 is 19.1 Å². The summed E-state index contributed by atoms with van der Waals surface area (Å²) >= 11 is 1.58. The van der Waals surface area contributed by atoms with Crippen molar-refractivity contribution >= 4 is 46.1 Å². The van der Waals surface area contributed by atoms with Gasteiger partial charge >= 0.3 is 6.09 Å². The molecular formula is C34H45N3O4S. The highest BCUT2D eigenvalue weighted by Gasteiger charge is 2.42. The van der Waals surface area contributed by atoms with Crippen LogP contribution in [0.5, 0.6) is 0 Å². The third-order valence-electron chi connectivity index (χ3n) is 6.93. The number of aryl methyl sites for hydroxylation is 2. The van der Waals surface area contributed by atoms with Crippen LogP contribution in [0.15, 0.2) is 60.7 Å². The van der Waals surface area contributed by atoms with E-state index in [0.717, 1.165) is 21.9 Å². The Morgan fingerprint density at radius 1 is 0.881 bits per heavy atom. The molecule has 3 rings (SSSR count). The Hall–Kier alpha value is -3.52. The normalized spacial score (nSPS) is 13.3. The summed E-state index contributed by atoms with van der Waals surface area (Å²) in [7, 11) is 0. The minimum absolute atomic E-state index is 0.335. The lowest BCUT2D eigenvalue weighted by molar-refractivity contribution is -0.146. The fraction of sp³-hybridized carbons (Fsp3) is 0.441. The first-order chi connectivity index (χ1) is 19.6. The van der Waals surface area contributed by atoms with E-state index in [9.17, 15) is 14.4 Å². The Bertz CT molecular complexity index is 1420. The Labute approximate surface area is 254 Å². The van der Waals surface area contributed by atoms with Crippen LogP contribution in [-0.2, 0) is 14.3 Å². The summed E-state index contributed by atoms with van der Waals surface area (Å²) < 4.78 is 5.49. The number of anilines is 1. The number of hydrogen-bond donors (Lipinski definition) is 2. The molecule has 7 nitrogen and oxygen atoms in total. The van der Waals surface area contributed by atoms with Crippen LogP contribution in [0.3, 0.4) is 0 Å². The molecule has 0 saturated carbocycles. The maximum Gasteiger partial charge on any atom is 0.408 e. The van der Waals surface area contributed by atoms with Crippen molar-refractivity contribution in [1.82, 2.24) is 10.2 Å². The van der Waals surface area contributed by atoms with Crippen LogP contribution in [0.25, 0.3) is 10.8 Å². The van der Waals surface area contributed by atoms with Gasteiger partial charge in [0.1, 0.15) is 17.7 Å². The molecule has 3 amide bonds. The number of rotatable bonds is 9. The van der Waals surface area contributed by atoms with E-state index >= 15 is 0 Å². The maximum atomic E-state index is 14.5. The van der Waals surface area contributed by atoms with E-state index in [4.69, 9.17) is 4.74 Å². The summed E-state index contributed by atoms with van der Waals surface area (Å²) in [4.78, 5) is 43.2. The van der Waals surface area contributed by atoms with E-state index in [2.05, 4.69) is 10.6 Å². The van der Waals surface area contributed by atoms with Gasteiger partial charge in [-0.15, -0.1) is 0 Å². The third-order valence-corrected chi connectivity index (χ3v) is 7.57. The molecule has 0 heterocycles. The smallest absolute Gasteiger partial charge is 0.408 e. The topological polar surface area (TPSA) is 87.7 Å². The SMILES string of the molecule is CSCCC(NC(=O)OC(C)(C)C)C(=O)N(C(C(=O)Nc1ccc2ccccc2c1)c1ccc(C)c(C)c1)C(C)(C)C. The zero-order valence-corrected chi connectivity index (χ0v) is 27.1. The molecule has 2 unspecified atom stereocenters. The van der Waals surface area contributed by atoms with Crippen LogP contribution >= 0.6 is 11.8 Å². The van der Waals surface area contributed by atoms with E-state index < -0.39 is 29.3 Å². The molecule has 3 aromatic carbocycles. The summed E-state index contributed by atoms with van der Waals surface area (Å²) in [5, 5.41) is 7.95. The summed E-state index contributed by atoms with van der Waals surface area (Å²) in [5.41, 5.74) is 1.95. The number of carbonyl (C=O) groups excluding carboxylic acids is 3. The van der Waals surface area contributed by atoms with Gasteiger partial charge in [-0.3, -0.25) is 9.59 Å². The number of nitrogens with zero attached hydrogens (tertiary/aromatic N) is 1. The molecule has 0 aliphatic rings. The van der Waals surface area contributed by atoms with Gasteiger partial charge < -0.3 is 20.3 Å². The van der Waals surface area contributed by atoms with Crippen molar-refractivity contribution in [2.45, 2.75) is 85.0 Å². The minimum Gasteiger partial charge on any atom is -0.444 e. The molecule has 42 heavy (non-hydrogen) atoms. The summed E-state index contributed by atoms with van der Waals surface area (Å²) in [5.74, 6) is -0.0427. The average molecular weight is 592 g/mol. The number of benzene rings is 3. The largest absolute Gasteiger partial charge is 0.444 e. The van der Waals surface area contributed by atoms with Gasteiger partial charge in [-0.2, -0.15) is 11.8 Å². The highest BCUT2D eigenvalue weighted by atomic mass is 32.2. The monoisotopic (exact) mass is 591 g/mol. The van der Waals surface area contributed by atoms with Crippen molar-refractivity contribution in [3.63, 3.8) is 0 Å². The van der Waals surface area contributed by atoms with E-state index in [1.807, 2.05) is 102 Å². The van der Waals surface area contributed by atoms with E-state index in [-0.39, 0.29) is 11.8 Å². The van der Waals surface area contributed by atoms with Crippen molar-refractivity contribution in [1.29, 1.82) is 0 Å². The van der Waals surface area contributed by atoms with Crippen LogP contribution in [0.2, 0.25) is 0 Å². The summed E-state index contributed by atoms with van der Waals surface area (Å²) in [6.45, 7) is 15.0. The molecule has 3 aromatic rings. The van der Waals surface area contributed by atoms with Gasteiger partial charge in [0.15, 0.2) is 0 Å². The molecule has 2 atom stereocenters. The predicted octanol–water partition coefficient (Wildman–Crippen LogP) is 7.41. The van der Waals surface area contributed by atoms with E-state index in [1.165, 1.54) is 0 Å². The number of fused-ring (bicyclic) bond motifs is 1. The molecule has 0 aliphatic carbocycles. The van der Waals surface area contributed by atoms with Crippen molar-refractivity contribution in [3.05, 3.63) is 77.4 Å². The van der Waals surface area contributed by atoms with Gasteiger partial charge in [-0.25, -0.2) is 4.79 Å². The maximum absolute atomic E-state index is 14.5. The lowest BCUT2D eigenvalue weighted by Crippen LogP contribution is -2.58. The first-order valence-electron chi connectivity index (χ1n) is 14.3. The number of amides is 3. The molecule has 226 valence electrons. The van der Waals surface area contributed by atoms with Gasteiger partial charge in [0.2, 0.25) is 5.91 Å². The van der Waals surface area contributed by atoms with Crippen molar-refractivity contribution in [2.24, 2.45) is 0 Å². The standard InChI is InChI=1S/C34H45N3O4S/c1-22-14-15-26(20-23(22)2)29(30(38)35-27-17-16-24-12-10-11-13-25(24)21-27)37(33(3,4)5)31(39)28(18-19-42-9)36-32(40)41-34(6,7)8/h10-17,20-21,28-29H,18-19H2,1-9H3,(H,35,38)(H,36,40). The lowest BCUT2D eigenvalue weighted by atomic mass is 9.93. The van der Waals surface area contributed by atoms with Gasteiger partial charge in [-0.05, 0) is 113 Å². The molecular weight excluding hydrogens is 546 g/mol. The van der Waals surface area contributed by atoms with E-state index in [0.29, 0.717) is 23.4 Å². The fourth-order valence-electron chi connectivity index (χ4n) is 4.79. The molecule has 0 bridgehead atoms. The molecule has 0 radical (unpaired) electrons. The van der Waals surface area contributed by atoms with Gasteiger partial charge in [0.05, 0.1) is 0 Å². The highest BCUT2D eigenvalue weighted by molar-refractivity contribution is 7.98. The Kier molecular flexibility index (Phi) is 10.7. The molecule has 0 spiro atoms. The van der Waals surface area contributed by atoms with Crippen LogP contribution in [0, 0.1) is 13.8 Å². The molecule has 0 aromatic heterocycles.